The summed E-state index contributed by atoms with van der Waals surface area (Å²) >= 11 is 0. The van der Waals surface area contributed by atoms with E-state index in [9.17, 15) is 0 Å². The molecule has 0 aliphatic heterocycles. The minimum atomic E-state index is 0.891. The van der Waals surface area contributed by atoms with Crippen LogP contribution in [-0.4, -0.2) is 14.4 Å². The third kappa shape index (κ3) is 2.15. The highest BCUT2D eigenvalue weighted by Gasteiger charge is 2.07. The summed E-state index contributed by atoms with van der Waals surface area (Å²) in [6.45, 7) is 4.09. The zero-order chi connectivity index (χ0) is 13.2. The van der Waals surface area contributed by atoms with Crippen molar-refractivity contribution in [1.29, 1.82) is 0 Å². The van der Waals surface area contributed by atoms with Crippen LogP contribution in [0, 0.1) is 13.8 Å². The average molecular weight is 249 g/mol. The van der Waals surface area contributed by atoms with Gasteiger partial charge in [0.15, 0.2) is 5.65 Å². The van der Waals surface area contributed by atoms with Crippen molar-refractivity contribution in [3.63, 3.8) is 0 Å². The van der Waals surface area contributed by atoms with Crippen LogP contribution in [0.5, 0.6) is 0 Å². The van der Waals surface area contributed by atoms with Crippen molar-refractivity contribution < 1.29 is 0 Å². The highest BCUT2D eigenvalue weighted by Crippen LogP contribution is 2.15. The molecule has 0 unspecified atom stereocenters. The Morgan fingerprint density at radius 1 is 1.05 bits per heavy atom. The molecule has 0 N–H and O–H groups in total. The fourth-order valence-corrected chi connectivity index (χ4v) is 2.08. The summed E-state index contributed by atoms with van der Waals surface area (Å²) < 4.78 is 2.08. The fourth-order valence-electron chi connectivity index (χ4n) is 2.08. The summed E-state index contributed by atoms with van der Waals surface area (Å²) in [6.07, 6.45) is 7.83. The van der Waals surface area contributed by atoms with Gasteiger partial charge < -0.3 is 4.40 Å². The number of aromatic nitrogens is 3. The van der Waals surface area contributed by atoms with E-state index >= 15 is 0 Å². The van der Waals surface area contributed by atoms with Crippen LogP contribution >= 0.6 is 0 Å². The molecule has 0 fully saturated rings. The highest BCUT2D eigenvalue weighted by molar-refractivity contribution is 5.74. The van der Waals surface area contributed by atoms with Gasteiger partial charge in [0.1, 0.15) is 5.69 Å². The molecule has 0 radical (unpaired) electrons. The van der Waals surface area contributed by atoms with Gasteiger partial charge in [0.05, 0.1) is 5.69 Å². The van der Waals surface area contributed by atoms with Crippen LogP contribution in [0.4, 0.5) is 0 Å². The number of aryl methyl sites for hydroxylation is 2. The Morgan fingerprint density at radius 3 is 2.63 bits per heavy atom. The summed E-state index contributed by atoms with van der Waals surface area (Å²) in [4.78, 5) is 8.98. The molecule has 3 aromatic rings. The van der Waals surface area contributed by atoms with E-state index in [0.29, 0.717) is 0 Å². The van der Waals surface area contributed by atoms with E-state index in [0.717, 1.165) is 28.3 Å². The van der Waals surface area contributed by atoms with Gasteiger partial charge in [0.25, 0.3) is 0 Å². The summed E-state index contributed by atoms with van der Waals surface area (Å²) in [5.74, 6) is 0. The SMILES string of the molecule is Cc1nc2c(/C=C\c3ccccc3)nccn2c1C. The van der Waals surface area contributed by atoms with Crippen molar-refractivity contribution in [2.75, 3.05) is 0 Å². The maximum Gasteiger partial charge on any atom is 0.163 e. The molecular formula is C16H15N3. The number of hydrogen-bond acceptors (Lipinski definition) is 2. The Kier molecular flexibility index (Phi) is 2.88. The van der Waals surface area contributed by atoms with Crippen LogP contribution in [0.25, 0.3) is 17.8 Å². The van der Waals surface area contributed by atoms with Crippen molar-refractivity contribution in [2.24, 2.45) is 0 Å². The van der Waals surface area contributed by atoms with Crippen LogP contribution in [-0.2, 0) is 0 Å². The van der Waals surface area contributed by atoms with E-state index in [1.807, 2.05) is 43.6 Å². The second-order valence-corrected chi connectivity index (χ2v) is 4.53. The smallest absolute Gasteiger partial charge is 0.163 e. The van der Waals surface area contributed by atoms with Crippen molar-refractivity contribution in [3.8, 4) is 0 Å². The average Bonchev–Trinajstić information content (AvgIpc) is 2.74. The Balaban J connectivity index is 2.06. The van der Waals surface area contributed by atoms with Gasteiger partial charge in [0.2, 0.25) is 0 Å². The van der Waals surface area contributed by atoms with Gasteiger partial charge in [-0.2, -0.15) is 0 Å². The molecule has 2 heterocycles. The highest BCUT2D eigenvalue weighted by atomic mass is 15.0. The molecule has 2 aromatic heterocycles. The first kappa shape index (κ1) is 11.7. The number of imidazole rings is 1. The lowest BCUT2D eigenvalue weighted by molar-refractivity contribution is 1.06. The van der Waals surface area contributed by atoms with Crippen LogP contribution < -0.4 is 0 Å². The molecule has 3 nitrogen and oxygen atoms in total. The molecule has 3 rings (SSSR count). The molecule has 1 aromatic carbocycles. The predicted molar refractivity (Wildman–Crippen MR) is 77.8 cm³/mol. The molecule has 94 valence electrons. The van der Waals surface area contributed by atoms with Crippen LogP contribution in [0.3, 0.4) is 0 Å². The molecule has 0 spiro atoms. The Hall–Kier alpha value is -2.42. The van der Waals surface area contributed by atoms with Crippen LogP contribution in [0.1, 0.15) is 22.6 Å². The van der Waals surface area contributed by atoms with Gasteiger partial charge in [0, 0.05) is 18.1 Å². The predicted octanol–water partition coefficient (Wildman–Crippen LogP) is 3.52. The van der Waals surface area contributed by atoms with E-state index < -0.39 is 0 Å². The van der Waals surface area contributed by atoms with Crippen molar-refractivity contribution in [2.45, 2.75) is 13.8 Å². The molecule has 19 heavy (non-hydrogen) atoms. The normalized spacial score (nSPS) is 11.5. The van der Waals surface area contributed by atoms with Gasteiger partial charge >= 0.3 is 0 Å². The molecule has 0 amide bonds. The Morgan fingerprint density at radius 2 is 1.84 bits per heavy atom. The number of fused-ring (bicyclic) bond motifs is 1. The minimum Gasteiger partial charge on any atom is -0.301 e. The van der Waals surface area contributed by atoms with Gasteiger partial charge in [-0.1, -0.05) is 36.4 Å². The molecule has 0 bridgehead atoms. The Bertz CT molecular complexity index is 739. The topological polar surface area (TPSA) is 30.2 Å². The number of nitrogens with zero attached hydrogens (tertiary/aromatic N) is 3. The first-order valence-electron chi connectivity index (χ1n) is 6.29. The zero-order valence-corrected chi connectivity index (χ0v) is 11.0. The summed E-state index contributed by atoms with van der Waals surface area (Å²) in [5, 5.41) is 0. The molecule has 0 aliphatic carbocycles. The lowest BCUT2D eigenvalue weighted by Crippen LogP contribution is -1.92. The summed E-state index contributed by atoms with van der Waals surface area (Å²) in [5.41, 5.74) is 5.16. The largest absolute Gasteiger partial charge is 0.301 e. The lowest BCUT2D eigenvalue weighted by atomic mass is 10.2. The molecule has 0 saturated carbocycles. The summed E-state index contributed by atoms with van der Waals surface area (Å²) in [7, 11) is 0. The second kappa shape index (κ2) is 4.69. The standard InChI is InChI=1S/C16H15N3/c1-12-13(2)19-11-10-17-15(16(19)18-12)9-8-14-6-4-3-5-7-14/h3-11H,1-2H3/b9-8-. The second-order valence-electron chi connectivity index (χ2n) is 4.53. The number of hydrogen-bond donors (Lipinski definition) is 0. The monoisotopic (exact) mass is 249 g/mol. The number of rotatable bonds is 2. The lowest BCUT2D eigenvalue weighted by Gasteiger charge is -1.98. The van der Waals surface area contributed by atoms with Crippen molar-refractivity contribution in [1.82, 2.24) is 14.4 Å². The van der Waals surface area contributed by atoms with Crippen LogP contribution in [0.15, 0.2) is 42.7 Å². The fraction of sp³-hybridized carbons (Fsp3) is 0.125. The first-order chi connectivity index (χ1) is 9.25. The van der Waals surface area contributed by atoms with Gasteiger partial charge in [-0.15, -0.1) is 0 Å². The maximum atomic E-state index is 4.57. The molecule has 0 atom stereocenters. The first-order valence-corrected chi connectivity index (χ1v) is 6.29. The third-order valence-electron chi connectivity index (χ3n) is 3.28. The van der Waals surface area contributed by atoms with Gasteiger partial charge in [-0.25, -0.2) is 4.98 Å². The Labute approximate surface area is 112 Å². The number of benzene rings is 1. The molecule has 0 saturated heterocycles. The van der Waals surface area contributed by atoms with E-state index in [1.54, 1.807) is 0 Å². The van der Waals surface area contributed by atoms with E-state index in [4.69, 9.17) is 0 Å². The third-order valence-corrected chi connectivity index (χ3v) is 3.28. The maximum absolute atomic E-state index is 4.57. The minimum absolute atomic E-state index is 0.891. The van der Waals surface area contributed by atoms with Crippen LogP contribution in [0.2, 0.25) is 0 Å². The zero-order valence-electron chi connectivity index (χ0n) is 11.0. The van der Waals surface area contributed by atoms with Gasteiger partial charge in [-0.3, -0.25) is 4.98 Å². The quantitative estimate of drug-likeness (QED) is 0.695. The summed E-state index contributed by atoms with van der Waals surface area (Å²) in [6, 6.07) is 10.2. The van der Waals surface area contributed by atoms with E-state index in [-0.39, 0.29) is 0 Å². The molecule has 3 heteroatoms. The van der Waals surface area contributed by atoms with Crippen molar-refractivity contribution in [3.05, 3.63) is 65.4 Å². The van der Waals surface area contributed by atoms with Gasteiger partial charge in [-0.05, 0) is 25.5 Å². The van der Waals surface area contributed by atoms with E-state index in [1.165, 1.54) is 0 Å². The molecular weight excluding hydrogens is 234 g/mol. The van der Waals surface area contributed by atoms with Crippen molar-refractivity contribution >= 4 is 17.8 Å². The van der Waals surface area contributed by atoms with E-state index in [2.05, 4.69) is 39.5 Å². The molecule has 0 aliphatic rings.